The number of rotatable bonds is 3. The SMILES string of the molecule is Cc1nc(C#N)cc(NCc2ccccn2)n1. The highest BCUT2D eigenvalue weighted by Crippen LogP contribution is 2.07. The third-order valence-electron chi connectivity index (χ3n) is 2.13. The maximum absolute atomic E-state index is 8.79. The lowest BCUT2D eigenvalue weighted by atomic mass is 10.3. The van der Waals surface area contributed by atoms with Crippen molar-refractivity contribution >= 4 is 5.82 Å². The van der Waals surface area contributed by atoms with Crippen LogP contribution in [0, 0.1) is 18.3 Å². The first-order valence-electron chi connectivity index (χ1n) is 5.17. The fraction of sp³-hybridized carbons (Fsp3) is 0.167. The lowest BCUT2D eigenvalue weighted by Crippen LogP contribution is -2.05. The van der Waals surface area contributed by atoms with Crippen molar-refractivity contribution in [3.05, 3.63) is 47.7 Å². The van der Waals surface area contributed by atoms with Crippen molar-refractivity contribution in [2.75, 3.05) is 5.32 Å². The van der Waals surface area contributed by atoms with E-state index < -0.39 is 0 Å². The van der Waals surface area contributed by atoms with Gasteiger partial charge in [-0.2, -0.15) is 5.26 Å². The number of nitrogens with zero attached hydrogens (tertiary/aromatic N) is 4. The first-order valence-corrected chi connectivity index (χ1v) is 5.17. The monoisotopic (exact) mass is 225 g/mol. The van der Waals surface area contributed by atoms with Crippen LogP contribution in [0.3, 0.4) is 0 Å². The number of pyridine rings is 1. The molecule has 0 radical (unpaired) electrons. The summed E-state index contributed by atoms with van der Waals surface area (Å²) in [5.74, 6) is 1.22. The van der Waals surface area contributed by atoms with E-state index in [9.17, 15) is 0 Å². The molecule has 0 aliphatic rings. The zero-order valence-electron chi connectivity index (χ0n) is 9.38. The van der Waals surface area contributed by atoms with Crippen LogP contribution in [-0.2, 0) is 6.54 Å². The van der Waals surface area contributed by atoms with Crippen LogP contribution in [0.2, 0.25) is 0 Å². The Morgan fingerprint density at radius 3 is 2.94 bits per heavy atom. The van der Waals surface area contributed by atoms with Crippen molar-refractivity contribution in [3.8, 4) is 6.07 Å². The van der Waals surface area contributed by atoms with E-state index in [0.29, 0.717) is 23.9 Å². The van der Waals surface area contributed by atoms with Gasteiger partial charge in [-0.3, -0.25) is 4.98 Å². The van der Waals surface area contributed by atoms with Gasteiger partial charge in [0.1, 0.15) is 23.4 Å². The van der Waals surface area contributed by atoms with Crippen molar-refractivity contribution in [1.29, 1.82) is 5.26 Å². The van der Waals surface area contributed by atoms with Gasteiger partial charge in [-0.15, -0.1) is 0 Å². The van der Waals surface area contributed by atoms with Gasteiger partial charge in [0.15, 0.2) is 0 Å². The molecule has 0 atom stereocenters. The van der Waals surface area contributed by atoms with Crippen molar-refractivity contribution in [3.63, 3.8) is 0 Å². The summed E-state index contributed by atoms with van der Waals surface area (Å²) in [5.41, 5.74) is 1.28. The fourth-order valence-electron chi connectivity index (χ4n) is 1.40. The Bertz CT molecular complexity index is 545. The Morgan fingerprint density at radius 1 is 1.35 bits per heavy atom. The van der Waals surface area contributed by atoms with E-state index in [4.69, 9.17) is 5.26 Å². The largest absolute Gasteiger partial charge is 0.364 e. The lowest BCUT2D eigenvalue weighted by molar-refractivity contribution is 0.987. The second-order valence-corrected chi connectivity index (χ2v) is 3.47. The number of nitriles is 1. The van der Waals surface area contributed by atoms with Crippen LogP contribution >= 0.6 is 0 Å². The molecule has 2 aromatic heterocycles. The number of hydrogen-bond acceptors (Lipinski definition) is 5. The van der Waals surface area contributed by atoms with Gasteiger partial charge in [-0.05, 0) is 19.1 Å². The van der Waals surface area contributed by atoms with Crippen LogP contribution in [0.4, 0.5) is 5.82 Å². The Kier molecular flexibility index (Phi) is 3.26. The van der Waals surface area contributed by atoms with Crippen LogP contribution in [0.5, 0.6) is 0 Å². The molecule has 0 amide bonds. The molecule has 0 spiro atoms. The molecule has 84 valence electrons. The first kappa shape index (κ1) is 11.0. The molecule has 0 saturated heterocycles. The molecule has 2 heterocycles. The van der Waals surface area contributed by atoms with Gasteiger partial charge >= 0.3 is 0 Å². The van der Waals surface area contributed by atoms with Crippen molar-refractivity contribution in [2.24, 2.45) is 0 Å². The zero-order valence-corrected chi connectivity index (χ0v) is 9.38. The number of anilines is 1. The number of hydrogen-bond donors (Lipinski definition) is 1. The third kappa shape index (κ3) is 2.98. The highest BCUT2D eigenvalue weighted by atomic mass is 15.0. The van der Waals surface area contributed by atoms with Gasteiger partial charge in [0.25, 0.3) is 0 Å². The molecule has 0 saturated carbocycles. The summed E-state index contributed by atoms with van der Waals surface area (Å²) >= 11 is 0. The van der Waals surface area contributed by atoms with Gasteiger partial charge in [0, 0.05) is 12.3 Å². The minimum atomic E-state index is 0.362. The summed E-state index contributed by atoms with van der Waals surface area (Å²) in [5, 5.41) is 11.9. The van der Waals surface area contributed by atoms with Crippen LogP contribution < -0.4 is 5.32 Å². The molecule has 5 nitrogen and oxygen atoms in total. The van der Waals surface area contributed by atoms with Gasteiger partial charge in [0.05, 0.1) is 12.2 Å². The van der Waals surface area contributed by atoms with Crippen LogP contribution in [-0.4, -0.2) is 15.0 Å². The van der Waals surface area contributed by atoms with Crippen LogP contribution in [0.25, 0.3) is 0 Å². The lowest BCUT2D eigenvalue weighted by Gasteiger charge is -2.05. The third-order valence-corrected chi connectivity index (χ3v) is 2.13. The molecule has 0 aliphatic carbocycles. The Morgan fingerprint density at radius 2 is 2.24 bits per heavy atom. The number of aryl methyl sites for hydroxylation is 1. The predicted octanol–water partition coefficient (Wildman–Crippen LogP) is 1.66. The second-order valence-electron chi connectivity index (χ2n) is 3.47. The maximum Gasteiger partial charge on any atom is 0.146 e. The highest BCUT2D eigenvalue weighted by molar-refractivity contribution is 5.40. The molecule has 0 aliphatic heterocycles. The van der Waals surface area contributed by atoms with Crippen LogP contribution in [0.1, 0.15) is 17.2 Å². The molecule has 1 N–H and O–H groups in total. The van der Waals surface area contributed by atoms with E-state index in [1.165, 1.54) is 0 Å². The predicted molar refractivity (Wildman–Crippen MR) is 63.0 cm³/mol. The van der Waals surface area contributed by atoms with E-state index in [1.807, 2.05) is 24.3 Å². The minimum absolute atomic E-state index is 0.362. The molecule has 0 unspecified atom stereocenters. The smallest absolute Gasteiger partial charge is 0.146 e. The van der Waals surface area contributed by atoms with E-state index in [2.05, 4.69) is 20.3 Å². The minimum Gasteiger partial charge on any atom is -0.364 e. The van der Waals surface area contributed by atoms with Crippen molar-refractivity contribution in [2.45, 2.75) is 13.5 Å². The van der Waals surface area contributed by atoms with Gasteiger partial charge in [0.2, 0.25) is 0 Å². The maximum atomic E-state index is 8.79. The fourth-order valence-corrected chi connectivity index (χ4v) is 1.40. The Hall–Kier alpha value is -2.48. The topological polar surface area (TPSA) is 74.5 Å². The van der Waals surface area contributed by atoms with E-state index in [1.54, 1.807) is 19.2 Å². The summed E-state index contributed by atoms with van der Waals surface area (Å²) in [6.07, 6.45) is 1.74. The Labute approximate surface area is 99.2 Å². The molecule has 2 aromatic rings. The number of aromatic nitrogens is 3. The van der Waals surface area contributed by atoms with Crippen molar-refractivity contribution in [1.82, 2.24) is 15.0 Å². The number of nitrogens with one attached hydrogen (secondary N) is 1. The summed E-state index contributed by atoms with van der Waals surface area (Å²) in [7, 11) is 0. The average Bonchev–Trinajstić information content (AvgIpc) is 2.37. The molecule has 5 heteroatoms. The first-order chi connectivity index (χ1) is 8.28. The molecule has 0 bridgehead atoms. The molecule has 0 aromatic carbocycles. The van der Waals surface area contributed by atoms with E-state index in [0.717, 1.165) is 5.69 Å². The molecular formula is C12H11N5. The van der Waals surface area contributed by atoms with Crippen molar-refractivity contribution < 1.29 is 0 Å². The van der Waals surface area contributed by atoms with Gasteiger partial charge < -0.3 is 5.32 Å². The van der Waals surface area contributed by atoms with Gasteiger partial charge in [-0.1, -0.05) is 6.07 Å². The van der Waals surface area contributed by atoms with E-state index >= 15 is 0 Å². The summed E-state index contributed by atoms with van der Waals surface area (Å²) in [6.45, 7) is 2.33. The highest BCUT2D eigenvalue weighted by Gasteiger charge is 2.01. The zero-order chi connectivity index (χ0) is 12.1. The van der Waals surface area contributed by atoms with E-state index in [-0.39, 0.29) is 0 Å². The van der Waals surface area contributed by atoms with Crippen LogP contribution in [0.15, 0.2) is 30.5 Å². The molecular weight excluding hydrogens is 214 g/mol. The average molecular weight is 225 g/mol. The summed E-state index contributed by atoms with van der Waals surface area (Å²) in [4.78, 5) is 12.4. The second kappa shape index (κ2) is 5.03. The van der Waals surface area contributed by atoms with Gasteiger partial charge in [-0.25, -0.2) is 9.97 Å². The normalized spacial score (nSPS) is 9.65. The summed E-state index contributed by atoms with van der Waals surface area (Å²) < 4.78 is 0. The molecule has 17 heavy (non-hydrogen) atoms. The molecule has 0 fully saturated rings. The quantitative estimate of drug-likeness (QED) is 0.859. The standard InChI is InChI=1S/C12H11N5/c1-9-16-11(7-13)6-12(17-9)15-8-10-4-2-3-5-14-10/h2-6H,8H2,1H3,(H,15,16,17). The summed E-state index contributed by atoms with van der Waals surface area (Å²) in [6, 6.07) is 9.34. The molecule has 2 rings (SSSR count). The Balaban J connectivity index is 2.10.